The minimum atomic E-state index is -0.484. The number of aryl methyl sites for hydroxylation is 1. The van der Waals surface area contributed by atoms with Crippen molar-refractivity contribution in [2.24, 2.45) is 0 Å². The van der Waals surface area contributed by atoms with E-state index in [4.69, 9.17) is 11.6 Å². The first kappa shape index (κ1) is 16.3. The molecule has 1 heterocycles. The predicted molar refractivity (Wildman–Crippen MR) is 94.1 cm³/mol. The molecule has 4 nitrogen and oxygen atoms in total. The van der Waals surface area contributed by atoms with Crippen LogP contribution in [0.4, 0.5) is 4.79 Å². The topological polar surface area (TPSA) is 58.2 Å². The maximum Gasteiger partial charge on any atom is 0.319 e. The number of urea groups is 1. The SMILES string of the molecule is CC1=C(C(=O)c2ccc(Cl)cc2)[C@H](c2ccc(C)cc2)NC(=O)N1. The highest BCUT2D eigenvalue weighted by atomic mass is 35.5. The van der Waals surface area contributed by atoms with Crippen LogP contribution < -0.4 is 10.6 Å². The summed E-state index contributed by atoms with van der Waals surface area (Å²) in [5.74, 6) is -0.137. The van der Waals surface area contributed by atoms with Crippen molar-refractivity contribution in [3.05, 3.63) is 81.5 Å². The third-order valence-electron chi connectivity index (χ3n) is 4.03. The number of halogens is 1. The Morgan fingerprint density at radius 1 is 1.00 bits per heavy atom. The Kier molecular flexibility index (Phi) is 4.40. The normalized spacial score (nSPS) is 17.3. The van der Waals surface area contributed by atoms with E-state index >= 15 is 0 Å². The summed E-state index contributed by atoms with van der Waals surface area (Å²) in [6.45, 7) is 3.73. The molecule has 0 radical (unpaired) electrons. The monoisotopic (exact) mass is 340 g/mol. The van der Waals surface area contributed by atoms with Gasteiger partial charge in [-0.15, -0.1) is 0 Å². The second-order valence-electron chi connectivity index (χ2n) is 5.82. The molecule has 2 aromatic rings. The minimum Gasteiger partial charge on any atom is -0.327 e. The van der Waals surface area contributed by atoms with E-state index < -0.39 is 6.04 Å². The molecule has 3 rings (SSSR count). The number of amides is 2. The number of allylic oxidation sites excluding steroid dienone is 1. The molecule has 0 aromatic heterocycles. The second kappa shape index (κ2) is 6.49. The number of rotatable bonds is 3. The van der Waals surface area contributed by atoms with Crippen molar-refractivity contribution in [2.45, 2.75) is 19.9 Å². The molecule has 122 valence electrons. The molecule has 1 aliphatic heterocycles. The Hall–Kier alpha value is -2.59. The summed E-state index contributed by atoms with van der Waals surface area (Å²) < 4.78 is 0. The Morgan fingerprint density at radius 3 is 2.25 bits per heavy atom. The summed E-state index contributed by atoms with van der Waals surface area (Å²) >= 11 is 5.90. The Labute approximate surface area is 145 Å². The predicted octanol–water partition coefficient (Wildman–Crippen LogP) is 4.16. The van der Waals surface area contributed by atoms with Crippen LogP contribution in [0.25, 0.3) is 0 Å². The van der Waals surface area contributed by atoms with E-state index in [1.165, 1.54) is 0 Å². The third kappa shape index (κ3) is 3.19. The van der Waals surface area contributed by atoms with Crippen molar-refractivity contribution >= 4 is 23.4 Å². The van der Waals surface area contributed by atoms with Gasteiger partial charge < -0.3 is 10.6 Å². The molecule has 0 bridgehead atoms. The van der Waals surface area contributed by atoms with Crippen LogP contribution in [0.15, 0.2) is 59.8 Å². The zero-order chi connectivity index (χ0) is 17.3. The van der Waals surface area contributed by atoms with Crippen molar-refractivity contribution in [1.29, 1.82) is 0 Å². The van der Waals surface area contributed by atoms with Crippen LogP contribution in [0.3, 0.4) is 0 Å². The lowest BCUT2D eigenvalue weighted by Crippen LogP contribution is -2.45. The van der Waals surface area contributed by atoms with Gasteiger partial charge in [0.25, 0.3) is 0 Å². The highest BCUT2D eigenvalue weighted by Crippen LogP contribution is 2.29. The molecule has 2 N–H and O–H groups in total. The van der Waals surface area contributed by atoms with Crippen molar-refractivity contribution in [1.82, 2.24) is 10.6 Å². The van der Waals surface area contributed by atoms with Crippen molar-refractivity contribution in [2.75, 3.05) is 0 Å². The summed E-state index contributed by atoms with van der Waals surface area (Å²) in [5, 5.41) is 6.10. The molecule has 2 amide bonds. The summed E-state index contributed by atoms with van der Waals surface area (Å²) in [6.07, 6.45) is 0. The van der Waals surface area contributed by atoms with Crippen LogP contribution in [0.1, 0.15) is 34.5 Å². The lowest BCUT2D eigenvalue weighted by Gasteiger charge is -2.28. The first-order valence-electron chi connectivity index (χ1n) is 7.61. The molecule has 24 heavy (non-hydrogen) atoms. The summed E-state index contributed by atoms with van der Waals surface area (Å²) in [6, 6.07) is 13.7. The Balaban J connectivity index is 2.04. The fourth-order valence-electron chi connectivity index (χ4n) is 2.76. The highest BCUT2D eigenvalue weighted by Gasteiger charge is 2.31. The smallest absolute Gasteiger partial charge is 0.319 e. The molecule has 0 fully saturated rings. The van der Waals surface area contributed by atoms with Crippen molar-refractivity contribution in [3.63, 3.8) is 0 Å². The first-order chi connectivity index (χ1) is 11.5. The standard InChI is InChI=1S/C19H17ClN2O2/c1-11-3-5-13(6-4-11)17-16(12(2)21-19(24)22-17)18(23)14-7-9-15(20)10-8-14/h3-10,17H,1-2H3,(H2,21,22,24)/t17-/m0/s1. The molecule has 0 saturated heterocycles. The molecular formula is C19H17ClN2O2. The fraction of sp³-hybridized carbons (Fsp3) is 0.158. The number of nitrogens with one attached hydrogen (secondary N) is 2. The molecule has 1 aliphatic rings. The van der Waals surface area contributed by atoms with Gasteiger partial charge in [-0.1, -0.05) is 41.4 Å². The number of Topliss-reactive ketones (excluding diaryl/α,β-unsaturated/α-hetero) is 1. The van der Waals surface area contributed by atoms with E-state index in [0.717, 1.165) is 11.1 Å². The molecule has 0 spiro atoms. The Morgan fingerprint density at radius 2 is 1.62 bits per heavy atom. The molecule has 0 unspecified atom stereocenters. The molecule has 0 aliphatic carbocycles. The van der Waals surface area contributed by atoms with E-state index in [-0.39, 0.29) is 11.8 Å². The van der Waals surface area contributed by atoms with Gasteiger partial charge >= 0.3 is 6.03 Å². The van der Waals surface area contributed by atoms with Gasteiger partial charge in [0.2, 0.25) is 0 Å². The molecule has 2 aromatic carbocycles. The molecule has 1 atom stereocenters. The van der Waals surface area contributed by atoms with Gasteiger partial charge in [0.05, 0.1) is 6.04 Å². The van der Waals surface area contributed by atoms with Crippen LogP contribution in [0, 0.1) is 6.92 Å². The maximum absolute atomic E-state index is 13.0. The third-order valence-corrected chi connectivity index (χ3v) is 4.28. The van der Waals surface area contributed by atoms with Crippen LogP contribution in [0.5, 0.6) is 0 Å². The molecule has 0 saturated carbocycles. The van der Waals surface area contributed by atoms with E-state index in [2.05, 4.69) is 10.6 Å². The van der Waals surface area contributed by atoms with E-state index in [1.54, 1.807) is 31.2 Å². The fourth-order valence-corrected chi connectivity index (χ4v) is 2.89. The summed E-state index contributed by atoms with van der Waals surface area (Å²) in [4.78, 5) is 24.9. The van der Waals surface area contributed by atoms with E-state index in [0.29, 0.717) is 21.9 Å². The second-order valence-corrected chi connectivity index (χ2v) is 6.25. The average molecular weight is 341 g/mol. The van der Waals surface area contributed by atoms with Crippen molar-refractivity contribution < 1.29 is 9.59 Å². The number of ketones is 1. The minimum absolute atomic E-state index is 0.137. The van der Waals surface area contributed by atoms with E-state index in [9.17, 15) is 9.59 Å². The van der Waals surface area contributed by atoms with E-state index in [1.807, 2.05) is 31.2 Å². The van der Waals surface area contributed by atoms with Crippen LogP contribution in [0.2, 0.25) is 5.02 Å². The zero-order valence-electron chi connectivity index (χ0n) is 13.4. The summed E-state index contributed by atoms with van der Waals surface area (Å²) in [5.41, 5.74) is 3.60. The van der Waals surface area contributed by atoms with Crippen LogP contribution >= 0.6 is 11.6 Å². The lowest BCUT2D eigenvalue weighted by molar-refractivity contribution is 0.102. The number of carbonyl (C=O) groups is 2. The first-order valence-corrected chi connectivity index (χ1v) is 7.98. The van der Waals surface area contributed by atoms with Crippen LogP contribution in [-0.4, -0.2) is 11.8 Å². The number of carbonyl (C=O) groups excluding carboxylic acids is 2. The van der Waals surface area contributed by atoms with Crippen LogP contribution in [-0.2, 0) is 0 Å². The van der Waals surface area contributed by atoms with Gasteiger partial charge in [-0.2, -0.15) is 0 Å². The molecule has 5 heteroatoms. The average Bonchev–Trinajstić information content (AvgIpc) is 2.55. The number of benzene rings is 2. The largest absolute Gasteiger partial charge is 0.327 e. The van der Waals surface area contributed by atoms with Gasteiger partial charge in [-0.3, -0.25) is 4.79 Å². The van der Waals surface area contributed by atoms with Crippen molar-refractivity contribution in [3.8, 4) is 0 Å². The van der Waals surface area contributed by atoms with Gasteiger partial charge in [0.15, 0.2) is 5.78 Å². The lowest BCUT2D eigenvalue weighted by atomic mass is 9.89. The quantitative estimate of drug-likeness (QED) is 0.824. The number of hydrogen-bond donors (Lipinski definition) is 2. The highest BCUT2D eigenvalue weighted by molar-refractivity contribution is 6.30. The van der Waals surface area contributed by atoms with Gasteiger partial charge in [0, 0.05) is 21.9 Å². The molecular weight excluding hydrogens is 324 g/mol. The van der Waals surface area contributed by atoms with Gasteiger partial charge in [-0.25, -0.2) is 4.79 Å². The zero-order valence-corrected chi connectivity index (χ0v) is 14.1. The van der Waals surface area contributed by atoms with Gasteiger partial charge in [0.1, 0.15) is 0 Å². The number of hydrogen-bond acceptors (Lipinski definition) is 2. The summed E-state index contributed by atoms with van der Waals surface area (Å²) in [7, 11) is 0. The maximum atomic E-state index is 13.0. The van der Waals surface area contributed by atoms with Gasteiger partial charge in [-0.05, 0) is 43.7 Å². The Bertz CT molecular complexity index is 823.